The number of amides is 1. The molecule has 1 atom stereocenters. The summed E-state index contributed by atoms with van der Waals surface area (Å²) in [6.45, 7) is 5.84. The van der Waals surface area contributed by atoms with Crippen LogP contribution in [0.5, 0.6) is 0 Å². The summed E-state index contributed by atoms with van der Waals surface area (Å²) in [5.74, 6) is -0.188. The fraction of sp³-hybridized carbons (Fsp3) is 0.364. The normalized spacial score (nSPS) is 14.8. The van der Waals surface area contributed by atoms with E-state index in [0.29, 0.717) is 11.7 Å². The smallest absolute Gasteiger partial charge is 0.274 e. The summed E-state index contributed by atoms with van der Waals surface area (Å²) in [5, 5.41) is 14.8. The third-order valence-corrected chi connectivity index (χ3v) is 5.55. The summed E-state index contributed by atoms with van der Waals surface area (Å²) in [7, 11) is 0. The van der Waals surface area contributed by atoms with Crippen LogP contribution in [-0.4, -0.2) is 39.0 Å². The lowest BCUT2D eigenvalue weighted by atomic mass is 10.0. The highest BCUT2D eigenvalue weighted by molar-refractivity contribution is 5.93. The van der Waals surface area contributed by atoms with E-state index in [1.165, 1.54) is 0 Å². The molecule has 3 heterocycles. The van der Waals surface area contributed by atoms with Gasteiger partial charge in [0.25, 0.3) is 5.91 Å². The first kappa shape index (κ1) is 24.8. The van der Waals surface area contributed by atoms with Crippen molar-refractivity contribution in [1.82, 2.24) is 30.6 Å². The van der Waals surface area contributed by atoms with Gasteiger partial charge in [0.2, 0.25) is 0 Å². The Labute approximate surface area is 194 Å². The van der Waals surface area contributed by atoms with E-state index < -0.39 is 0 Å². The van der Waals surface area contributed by atoms with Gasteiger partial charge in [-0.3, -0.25) is 9.78 Å². The van der Waals surface area contributed by atoms with Crippen LogP contribution in [0.2, 0.25) is 0 Å². The Balaban J connectivity index is 0.00000171. The minimum atomic E-state index is -0.188. The highest BCUT2D eigenvalue weighted by atomic mass is 35.5. The number of nitrogens with one attached hydrogen (secondary N) is 2. The molecule has 1 fully saturated rings. The molecule has 1 unspecified atom stereocenters. The van der Waals surface area contributed by atoms with Crippen molar-refractivity contribution in [3.8, 4) is 11.1 Å². The van der Waals surface area contributed by atoms with Gasteiger partial charge in [-0.25, -0.2) is 4.68 Å². The lowest BCUT2D eigenvalue weighted by Gasteiger charge is -2.23. The van der Waals surface area contributed by atoms with Crippen molar-refractivity contribution in [2.45, 2.75) is 38.8 Å². The third kappa shape index (κ3) is 5.61. The van der Waals surface area contributed by atoms with Gasteiger partial charge in [0, 0.05) is 12.4 Å². The van der Waals surface area contributed by atoms with E-state index in [-0.39, 0.29) is 36.8 Å². The van der Waals surface area contributed by atoms with E-state index >= 15 is 0 Å². The molecule has 2 aromatic heterocycles. The van der Waals surface area contributed by atoms with Crippen LogP contribution in [0.3, 0.4) is 0 Å². The van der Waals surface area contributed by atoms with Crippen molar-refractivity contribution in [3.05, 3.63) is 65.7 Å². The van der Waals surface area contributed by atoms with Crippen molar-refractivity contribution in [1.29, 1.82) is 0 Å². The van der Waals surface area contributed by atoms with E-state index in [0.717, 1.165) is 48.3 Å². The zero-order chi connectivity index (χ0) is 20.2. The SMILES string of the molecule is Cc1c(C(=O)NC(C)c2ccc(-c3cccnc3)cc2)nnn1C1CCNCC1.Cl.Cl. The molecule has 1 aliphatic rings. The number of benzene rings is 1. The zero-order valence-corrected chi connectivity index (χ0v) is 19.2. The molecule has 0 radical (unpaired) electrons. The van der Waals surface area contributed by atoms with Crippen LogP contribution in [0.15, 0.2) is 48.8 Å². The Morgan fingerprint density at radius 2 is 1.84 bits per heavy atom. The van der Waals surface area contributed by atoms with Crippen molar-refractivity contribution in [3.63, 3.8) is 0 Å². The van der Waals surface area contributed by atoms with Crippen LogP contribution >= 0.6 is 24.8 Å². The monoisotopic (exact) mass is 462 g/mol. The molecule has 1 aliphatic heterocycles. The maximum absolute atomic E-state index is 12.8. The summed E-state index contributed by atoms with van der Waals surface area (Å²) in [6.07, 6.45) is 5.61. The van der Waals surface area contributed by atoms with Crippen LogP contribution in [0.25, 0.3) is 11.1 Å². The van der Waals surface area contributed by atoms with Crippen molar-refractivity contribution in [2.24, 2.45) is 0 Å². The number of carbonyl (C=O) groups is 1. The van der Waals surface area contributed by atoms with Gasteiger partial charge in [-0.05, 0) is 62.5 Å². The highest BCUT2D eigenvalue weighted by Crippen LogP contribution is 2.23. The number of aromatic nitrogens is 4. The molecule has 31 heavy (non-hydrogen) atoms. The van der Waals surface area contributed by atoms with E-state index in [2.05, 4.69) is 25.9 Å². The van der Waals surface area contributed by atoms with Gasteiger partial charge in [-0.1, -0.05) is 35.5 Å². The molecule has 0 spiro atoms. The lowest BCUT2D eigenvalue weighted by Crippen LogP contribution is -2.31. The van der Waals surface area contributed by atoms with Crippen molar-refractivity contribution < 1.29 is 4.79 Å². The Morgan fingerprint density at radius 1 is 1.13 bits per heavy atom. The number of carbonyl (C=O) groups excluding carboxylic acids is 1. The predicted octanol–water partition coefficient (Wildman–Crippen LogP) is 3.91. The van der Waals surface area contributed by atoms with Gasteiger partial charge in [0.1, 0.15) is 0 Å². The van der Waals surface area contributed by atoms with Crippen molar-refractivity contribution in [2.75, 3.05) is 13.1 Å². The van der Waals surface area contributed by atoms with Gasteiger partial charge in [0.05, 0.1) is 17.8 Å². The van der Waals surface area contributed by atoms with Crippen LogP contribution in [0, 0.1) is 6.92 Å². The van der Waals surface area contributed by atoms with Gasteiger partial charge < -0.3 is 10.6 Å². The highest BCUT2D eigenvalue weighted by Gasteiger charge is 2.23. The van der Waals surface area contributed by atoms with Gasteiger partial charge in [-0.2, -0.15) is 0 Å². The van der Waals surface area contributed by atoms with Gasteiger partial charge in [-0.15, -0.1) is 29.9 Å². The van der Waals surface area contributed by atoms with E-state index in [1.54, 1.807) is 6.20 Å². The average molecular weight is 463 g/mol. The summed E-state index contributed by atoms with van der Waals surface area (Å²) in [6, 6.07) is 12.3. The number of piperidine rings is 1. The molecule has 2 N–H and O–H groups in total. The first-order valence-electron chi connectivity index (χ1n) is 10.1. The predicted molar refractivity (Wildman–Crippen MR) is 126 cm³/mol. The van der Waals surface area contributed by atoms with E-state index in [9.17, 15) is 4.79 Å². The maximum Gasteiger partial charge on any atom is 0.274 e. The first-order chi connectivity index (χ1) is 14.1. The average Bonchev–Trinajstić information content (AvgIpc) is 3.16. The second-order valence-electron chi connectivity index (χ2n) is 7.51. The number of pyridine rings is 1. The topological polar surface area (TPSA) is 84.7 Å². The molecule has 3 aromatic rings. The molecule has 1 amide bonds. The van der Waals surface area contributed by atoms with Gasteiger partial charge >= 0.3 is 0 Å². The van der Waals surface area contributed by atoms with E-state index in [4.69, 9.17) is 0 Å². The van der Waals surface area contributed by atoms with Gasteiger partial charge in [0.15, 0.2) is 5.69 Å². The summed E-state index contributed by atoms with van der Waals surface area (Å²) < 4.78 is 1.91. The number of halogens is 2. The maximum atomic E-state index is 12.8. The van der Waals surface area contributed by atoms with Crippen LogP contribution in [0.1, 0.15) is 53.6 Å². The standard InChI is InChI=1S/C22H26N6O.2ClH/c1-15(17-5-7-18(8-6-17)19-4-3-11-24-14-19)25-22(29)21-16(2)28(27-26-21)20-9-12-23-13-10-20;;/h3-8,11,14-15,20,23H,9-10,12-13H2,1-2H3,(H,25,29);2*1H. The summed E-state index contributed by atoms with van der Waals surface area (Å²) in [5.41, 5.74) is 4.44. The fourth-order valence-corrected chi connectivity index (χ4v) is 3.79. The number of hydrogen-bond donors (Lipinski definition) is 2. The molecule has 0 saturated carbocycles. The Bertz CT molecular complexity index is 971. The Hall–Kier alpha value is -2.48. The summed E-state index contributed by atoms with van der Waals surface area (Å²) in [4.78, 5) is 16.9. The minimum absolute atomic E-state index is 0. The fourth-order valence-electron chi connectivity index (χ4n) is 3.79. The zero-order valence-electron chi connectivity index (χ0n) is 17.6. The molecule has 0 bridgehead atoms. The Morgan fingerprint density at radius 3 is 2.48 bits per heavy atom. The number of hydrogen-bond acceptors (Lipinski definition) is 5. The molecule has 1 saturated heterocycles. The molecule has 9 heteroatoms. The molecule has 0 aliphatic carbocycles. The van der Waals surface area contributed by atoms with E-state index in [1.807, 2.05) is 61.1 Å². The lowest BCUT2D eigenvalue weighted by molar-refractivity contribution is 0.0934. The molecular weight excluding hydrogens is 435 g/mol. The molecule has 4 rings (SSSR count). The number of rotatable bonds is 5. The largest absolute Gasteiger partial charge is 0.344 e. The number of nitrogens with zero attached hydrogens (tertiary/aromatic N) is 4. The molecule has 7 nitrogen and oxygen atoms in total. The van der Waals surface area contributed by atoms with Crippen LogP contribution in [0.4, 0.5) is 0 Å². The quantitative estimate of drug-likeness (QED) is 0.600. The molecule has 1 aromatic carbocycles. The minimum Gasteiger partial charge on any atom is -0.344 e. The van der Waals surface area contributed by atoms with Crippen LogP contribution < -0.4 is 10.6 Å². The van der Waals surface area contributed by atoms with Crippen molar-refractivity contribution >= 4 is 30.7 Å². The van der Waals surface area contributed by atoms with Crippen LogP contribution in [-0.2, 0) is 0 Å². The first-order valence-corrected chi connectivity index (χ1v) is 10.1. The Kier molecular flexibility index (Phi) is 8.98. The molecular formula is C22H28Cl2N6O. The molecule has 166 valence electrons. The third-order valence-electron chi connectivity index (χ3n) is 5.55. The summed E-state index contributed by atoms with van der Waals surface area (Å²) >= 11 is 0. The second-order valence-corrected chi connectivity index (χ2v) is 7.51. The second kappa shape index (κ2) is 11.2.